The van der Waals surface area contributed by atoms with E-state index in [-0.39, 0.29) is 30.8 Å². The largest absolute Gasteiger partial charge is 0.324 e. The van der Waals surface area contributed by atoms with E-state index in [9.17, 15) is 9.59 Å². The quantitative estimate of drug-likeness (QED) is 0.828. The Bertz CT molecular complexity index is 807. The van der Waals surface area contributed by atoms with Crippen LogP contribution in [0.4, 0.5) is 11.4 Å². The molecule has 0 fully saturated rings. The van der Waals surface area contributed by atoms with Crippen molar-refractivity contribution in [2.45, 2.75) is 25.9 Å². The van der Waals surface area contributed by atoms with Crippen molar-refractivity contribution < 1.29 is 9.59 Å². The zero-order valence-corrected chi connectivity index (χ0v) is 16.5. The number of amides is 2. The molecular formula is C20H22BrN3O2. The number of likely N-dealkylation sites (N-methyl/N-ethyl adjacent to an activating group) is 1. The molecule has 0 saturated heterocycles. The second-order valence-electron chi connectivity index (χ2n) is 6.68. The van der Waals surface area contributed by atoms with Crippen LogP contribution >= 0.6 is 15.9 Å². The van der Waals surface area contributed by atoms with E-state index in [4.69, 9.17) is 0 Å². The minimum Gasteiger partial charge on any atom is -0.324 e. The van der Waals surface area contributed by atoms with Crippen molar-refractivity contribution >= 4 is 39.1 Å². The maximum absolute atomic E-state index is 13.0. The molecule has 0 unspecified atom stereocenters. The summed E-state index contributed by atoms with van der Waals surface area (Å²) in [5.74, 6) is -0.0791. The number of hydrogen-bond donors (Lipinski definition) is 1. The van der Waals surface area contributed by atoms with Gasteiger partial charge in [0, 0.05) is 23.5 Å². The second kappa shape index (κ2) is 8.01. The third-order valence-electron chi connectivity index (χ3n) is 4.40. The molecule has 1 atom stereocenters. The first kappa shape index (κ1) is 18.6. The zero-order valence-electron chi connectivity index (χ0n) is 14.9. The smallest absolute Gasteiger partial charge is 0.241 e. The standard InChI is InChI=1S/C20H22BrN3O2/c1-14-11-19(25)22-17-5-3-4-6-18(17)24(14)20(26)13-23(2)12-15-7-9-16(21)10-8-15/h3-10,14H,11-13H2,1-2H3,(H,22,25)/t14-/m1/s1. The summed E-state index contributed by atoms with van der Waals surface area (Å²) >= 11 is 3.43. The van der Waals surface area contributed by atoms with Crippen molar-refractivity contribution in [1.82, 2.24) is 4.90 Å². The minimum absolute atomic E-state index is 0.0129. The molecule has 2 aromatic rings. The number of anilines is 2. The van der Waals surface area contributed by atoms with E-state index in [1.807, 2.05) is 67.4 Å². The van der Waals surface area contributed by atoms with Gasteiger partial charge in [-0.1, -0.05) is 40.2 Å². The average Bonchev–Trinajstić information content (AvgIpc) is 2.71. The fraction of sp³-hybridized carbons (Fsp3) is 0.300. The van der Waals surface area contributed by atoms with Crippen LogP contribution in [0.15, 0.2) is 53.0 Å². The van der Waals surface area contributed by atoms with Crippen LogP contribution in [-0.4, -0.2) is 36.3 Å². The third-order valence-corrected chi connectivity index (χ3v) is 4.93. The molecule has 1 heterocycles. The first-order chi connectivity index (χ1) is 12.4. The van der Waals surface area contributed by atoms with E-state index in [1.165, 1.54) is 0 Å². The van der Waals surface area contributed by atoms with E-state index in [0.29, 0.717) is 12.2 Å². The average molecular weight is 416 g/mol. The molecule has 0 aromatic heterocycles. The monoisotopic (exact) mass is 415 g/mol. The summed E-state index contributed by atoms with van der Waals surface area (Å²) in [6.45, 7) is 2.87. The van der Waals surface area contributed by atoms with Gasteiger partial charge in [-0.3, -0.25) is 14.5 Å². The van der Waals surface area contributed by atoms with Crippen molar-refractivity contribution in [2.24, 2.45) is 0 Å². The number of benzene rings is 2. The Kier molecular flexibility index (Phi) is 5.74. The molecule has 0 radical (unpaired) electrons. The SMILES string of the molecule is C[C@@H]1CC(=O)Nc2ccccc2N1C(=O)CN(C)Cc1ccc(Br)cc1. The predicted octanol–water partition coefficient (Wildman–Crippen LogP) is 3.64. The molecule has 1 aliphatic rings. The Morgan fingerprint density at radius 2 is 1.92 bits per heavy atom. The van der Waals surface area contributed by atoms with Crippen LogP contribution in [0.2, 0.25) is 0 Å². The molecule has 3 rings (SSSR count). The summed E-state index contributed by atoms with van der Waals surface area (Å²) in [5.41, 5.74) is 2.59. The topological polar surface area (TPSA) is 52.7 Å². The van der Waals surface area contributed by atoms with E-state index < -0.39 is 0 Å². The maximum Gasteiger partial charge on any atom is 0.241 e. The molecule has 1 N–H and O–H groups in total. The normalized spacial score (nSPS) is 16.8. The van der Waals surface area contributed by atoms with E-state index in [1.54, 1.807) is 4.90 Å². The van der Waals surface area contributed by atoms with Crippen LogP contribution < -0.4 is 10.2 Å². The molecule has 26 heavy (non-hydrogen) atoms. The lowest BCUT2D eigenvalue weighted by Crippen LogP contribution is -2.44. The van der Waals surface area contributed by atoms with Gasteiger partial charge >= 0.3 is 0 Å². The number of halogens is 1. The molecule has 2 aromatic carbocycles. The maximum atomic E-state index is 13.0. The highest BCUT2D eigenvalue weighted by molar-refractivity contribution is 9.10. The van der Waals surface area contributed by atoms with Gasteiger partial charge in [-0.2, -0.15) is 0 Å². The number of carbonyl (C=O) groups excluding carboxylic acids is 2. The molecular weight excluding hydrogens is 394 g/mol. The number of carbonyl (C=O) groups is 2. The van der Waals surface area contributed by atoms with Crippen LogP contribution in [-0.2, 0) is 16.1 Å². The highest BCUT2D eigenvalue weighted by Gasteiger charge is 2.29. The Morgan fingerprint density at radius 1 is 1.23 bits per heavy atom. The molecule has 136 valence electrons. The van der Waals surface area contributed by atoms with Crippen LogP contribution in [0.1, 0.15) is 18.9 Å². The Balaban J connectivity index is 1.75. The van der Waals surface area contributed by atoms with E-state index in [0.717, 1.165) is 15.7 Å². The molecule has 0 spiro atoms. The van der Waals surface area contributed by atoms with E-state index >= 15 is 0 Å². The van der Waals surface area contributed by atoms with Crippen molar-refractivity contribution in [3.8, 4) is 0 Å². The Labute approximate surface area is 162 Å². The van der Waals surface area contributed by atoms with E-state index in [2.05, 4.69) is 21.2 Å². The van der Waals surface area contributed by atoms with Crippen molar-refractivity contribution in [3.05, 3.63) is 58.6 Å². The van der Waals surface area contributed by atoms with Gasteiger partial charge in [0.15, 0.2) is 0 Å². The summed E-state index contributed by atoms with van der Waals surface area (Å²) in [7, 11) is 1.93. The summed E-state index contributed by atoms with van der Waals surface area (Å²) in [6, 6.07) is 15.3. The third kappa shape index (κ3) is 4.31. The summed E-state index contributed by atoms with van der Waals surface area (Å²) in [5, 5.41) is 2.89. The van der Waals surface area contributed by atoms with Crippen LogP contribution in [0, 0.1) is 0 Å². The second-order valence-corrected chi connectivity index (χ2v) is 7.60. The van der Waals surface area contributed by atoms with Gasteiger partial charge in [0.05, 0.1) is 17.9 Å². The molecule has 5 nitrogen and oxygen atoms in total. The van der Waals surface area contributed by atoms with Gasteiger partial charge in [-0.25, -0.2) is 0 Å². The molecule has 1 aliphatic heterocycles. The van der Waals surface area contributed by atoms with Crippen molar-refractivity contribution in [2.75, 3.05) is 23.8 Å². The lowest BCUT2D eigenvalue weighted by molar-refractivity contribution is -0.120. The first-order valence-corrected chi connectivity index (χ1v) is 9.37. The Morgan fingerprint density at radius 3 is 2.65 bits per heavy atom. The van der Waals surface area contributed by atoms with Gasteiger partial charge < -0.3 is 10.2 Å². The van der Waals surface area contributed by atoms with Gasteiger partial charge in [0.2, 0.25) is 11.8 Å². The molecule has 6 heteroatoms. The van der Waals surface area contributed by atoms with Crippen LogP contribution in [0.25, 0.3) is 0 Å². The summed E-state index contributed by atoms with van der Waals surface area (Å²) < 4.78 is 1.03. The molecule has 0 aliphatic carbocycles. The molecule has 0 saturated carbocycles. The van der Waals surface area contributed by atoms with Gasteiger partial charge in [-0.15, -0.1) is 0 Å². The van der Waals surface area contributed by atoms with Crippen molar-refractivity contribution in [3.63, 3.8) is 0 Å². The highest BCUT2D eigenvalue weighted by atomic mass is 79.9. The fourth-order valence-corrected chi connectivity index (χ4v) is 3.50. The summed E-state index contributed by atoms with van der Waals surface area (Å²) in [6.07, 6.45) is 0.289. The Hall–Kier alpha value is -2.18. The predicted molar refractivity (Wildman–Crippen MR) is 107 cm³/mol. The lowest BCUT2D eigenvalue weighted by Gasteiger charge is -2.29. The van der Waals surface area contributed by atoms with Crippen LogP contribution in [0.3, 0.4) is 0 Å². The van der Waals surface area contributed by atoms with Gasteiger partial charge in [0.25, 0.3) is 0 Å². The number of fused-ring (bicyclic) bond motifs is 1. The number of hydrogen-bond acceptors (Lipinski definition) is 3. The van der Waals surface area contributed by atoms with Gasteiger partial charge in [-0.05, 0) is 43.8 Å². The van der Waals surface area contributed by atoms with Crippen LogP contribution in [0.5, 0.6) is 0 Å². The fourth-order valence-electron chi connectivity index (χ4n) is 3.23. The number of nitrogens with zero attached hydrogens (tertiary/aromatic N) is 2. The highest BCUT2D eigenvalue weighted by Crippen LogP contribution is 2.31. The van der Waals surface area contributed by atoms with Gasteiger partial charge in [0.1, 0.15) is 0 Å². The molecule has 0 bridgehead atoms. The number of para-hydroxylation sites is 2. The molecule has 2 amide bonds. The zero-order chi connectivity index (χ0) is 18.7. The van der Waals surface area contributed by atoms with Crippen molar-refractivity contribution in [1.29, 1.82) is 0 Å². The number of nitrogens with one attached hydrogen (secondary N) is 1. The summed E-state index contributed by atoms with van der Waals surface area (Å²) in [4.78, 5) is 28.8. The lowest BCUT2D eigenvalue weighted by atomic mass is 10.1. The first-order valence-electron chi connectivity index (χ1n) is 8.58. The minimum atomic E-state index is -0.188. The number of rotatable bonds is 4.